The smallest absolute Gasteiger partial charge is 0.138 e. The van der Waals surface area contributed by atoms with Crippen molar-refractivity contribution in [1.82, 2.24) is 10.2 Å². The Balaban J connectivity index is 1.53. The number of hydrogen-bond donors (Lipinski definition) is 2. The van der Waals surface area contributed by atoms with Crippen molar-refractivity contribution < 1.29 is 9.90 Å². The molecule has 0 aromatic carbocycles. The van der Waals surface area contributed by atoms with Crippen LogP contribution in [0.2, 0.25) is 0 Å². The Kier molecular flexibility index (Phi) is 4.74. The number of rotatable bonds is 4. The van der Waals surface area contributed by atoms with Gasteiger partial charge in [-0.25, -0.2) is 0 Å². The maximum absolute atomic E-state index is 13.4. The SMILES string of the molecule is CN[C@@H](C)[C@H]1C(=O)C[C@@]2(C)[C@@H]3CC[C@H]4[C@@](C)(CO)[C@@H](N(C)C)CC[C@@]45C[C@@]35CC[C@]12C. The summed E-state index contributed by atoms with van der Waals surface area (Å²) in [7, 11) is 6.41. The van der Waals surface area contributed by atoms with Gasteiger partial charge in [0.05, 0.1) is 6.61 Å². The monoisotopic (exact) mass is 430 g/mol. The minimum Gasteiger partial charge on any atom is -0.396 e. The lowest BCUT2D eigenvalue weighted by Crippen LogP contribution is -2.61. The van der Waals surface area contributed by atoms with Gasteiger partial charge in [-0.05, 0) is 107 Å². The highest BCUT2D eigenvalue weighted by atomic mass is 16.3. The Bertz CT molecular complexity index is 783. The van der Waals surface area contributed by atoms with E-state index in [2.05, 4.69) is 52.0 Å². The first-order valence-electron chi connectivity index (χ1n) is 12.9. The molecule has 0 aromatic rings. The molecule has 2 spiro atoms. The van der Waals surface area contributed by atoms with Gasteiger partial charge in [-0.3, -0.25) is 4.79 Å². The molecule has 0 saturated heterocycles. The summed E-state index contributed by atoms with van der Waals surface area (Å²) < 4.78 is 0. The maximum Gasteiger partial charge on any atom is 0.138 e. The van der Waals surface area contributed by atoms with E-state index >= 15 is 0 Å². The summed E-state index contributed by atoms with van der Waals surface area (Å²) in [5.74, 6) is 1.96. The molecule has 0 amide bonds. The first-order chi connectivity index (χ1) is 14.5. The maximum atomic E-state index is 13.4. The lowest BCUT2D eigenvalue weighted by Gasteiger charge is -2.64. The van der Waals surface area contributed by atoms with E-state index < -0.39 is 0 Å². The number of carbonyl (C=O) groups is 1. The van der Waals surface area contributed by atoms with Gasteiger partial charge in [0, 0.05) is 29.8 Å². The number of ketones is 1. The zero-order valence-electron chi connectivity index (χ0n) is 21.1. The van der Waals surface area contributed by atoms with E-state index in [1.54, 1.807) is 0 Å². The summed E-state index contributed by atoms with van der Waals surface area (Å²) in [4.78, 5) is 15.8. The van der Waals surface area contributed by atoms with Crippen LogP contribution >= 0.6 is 0 Å². The molecule has 5 rings (SSSR count). The van der Waals surface area contributed by atoms with E-state index in [0.717, 1.165) is 6.42 Å². The van der Waals surface area contributed by atoms with Crippen molar-refractivity contribution in [2.24, 2.45) is 44.8 Å². The molecule has 0 bridgehead atoms. The number of carbonyl (C=O) groups excluding carboxylic acids is 1. The third-order valence-corrected chi connectivity index (χ3v) is 12.7. The van der Waals surface area contributed by atoms with Crippen LogP contribution in [-0.2, 0) is 4.79 Å². The number of fused-ring (bicyclic) bond motifs is 2. The van der Waals surface area contributed by atoms with Gasteiger partial charge in [0.2, 0.25) is 0 Å². The van der Waals surface area contributed by atoms with E-state index in [4.69, 9.17) is 0 Å². The minimum absolute atomic E-state index is 0.00739. The highest BCUT2D eigenvalue weighted by Gasteiger charge is 2.83. The average molecular weight is 431 g/mol. The predicted octanol–water partition coefficient (Wildman–Crippen LogP) is 4.12. The van der Waals surface area contributed by atoms with Crippen LogP contribution in [0.1, 0.15) is 79.1 Å². The van der Waals surface area contributed by atoms with Crippen LogP contribution in [0.5, 0.6) is 0 Å². The Morgan fingerprint density at radius 3 is 2.29 bits per heavy atom. The number of nitrogens with one attached hydrogen (secondary N) is 1. The average Bonchev–Trinajstić information content (AvgIpc) is 3.32. The van der Waals surface area contributed by atoms with Crippen LogP contribution < -0.4 is 5.32 Å². The molecule has 5 saturated carbocycles. The number of Topliss-reactive ketones (excluding diaryl/α,β-unsaturated/α-hetero) is 1. The highest BCUT2D eigenvalue weighted by molar-refractivity contribution is 5.86. The molecular formula is C27H46N2O2. The van der Waals surface area contributed by atoms with Crippen LogP contribution in [0.3, 0.4) is 0 Å². The molecule has 0 aromatic heterocycles. The third kappa shape index (κ3) is 2.36. The van der Waals surface area contributed by atoms with E-state index in [0.29, 0.717) is 41.1 Å². The van der Waals surface area contributed by atoms with Crippen LogP contribution in [0.25, 0.3) is 0 Å². The second-order valence-electron chi connectivity index (χ2n) is 13.4. The molecular weight excluding hydrogens is 384 g/mol. The normalized spacial score (nSPS) is 56.5. The number of hydrogen-bond acceptors (Lipinski definition) is 4. The van der Waals surface area contributed by atoms with Crippen molar-refractivity contribution in [2.45, 2.75) is 91.1 Å². The van der Waals surface area contributed by atoms with Gasteiger partial charge in [-0.1, -0.05) is 20.8 Å². The largest absolute Gasteiger partial charge is 0.396 e. The molecule has 5 aliphatic carbocycles. The third-order valence-electron chi connectivity index (χ3n) is 12.7. The summed E-state index contributed by atoms with van der Waals surface area (Å²) in [6.07, 6.45) is 9.66. The molecule has 4 heteroatoms. The van der Waals surface area contributed by atoms with Gasteiger partial charge in [-0.15, -0.1) is 0 Å². The summed E-state index contributed by atoms with van der Waals surface area (Å²) in [6.45, 7) is 9.87. The predicted molar refractivity (Wildman–Crippen MR) is 125 cm³/mol. The lowest BCUT2D eigenvalue weighted by atomic mass is 9.41. The summed E-state index contributed by atoms with van der Waals surface area (Å²) in [5, 5.41) is 14.1. The molecule has 5 fully saturated rings. The fourth-order valence-electron chi connectivity index (χ4n) is 11.1. The van der Waals surface area contributed by atoms with E-state index in [1.807, 2.05) is 7.05 Å². The van der Waals surface area contributed by atoms with Crippen molar-refractivity contribution in [3.63, 3.8) is 0 Å². The second kappa shape index (κ2) is 6.57. The fourth-order valence-corrected chi connectivity index (χ4v) is 11.1. The molecule has 0 heterocycles. The number of aliphatic hydroxyl groups excluding tert-OH is 1. The lowest BCUT2D eigenvalue weighted by molar-refractivity contribution is -0.160. The standard InChI is InChI=1S/C27H46N2O2/c1-17(28-5)22-18(31)14-25(4)20-9-8-19-23(2,16-30)21(29(6)7)10-11-26(19)15-27(20,26)13-12-24(22,25)3/h17,19-22,28,30H,8-16H2,1-7H3/t17-,19-,20-,21-,22-,23+,24+,25-,26+,27-/m0/s1. The first-order valence-corrected chi connectivity index (χ1v) is 12.9. The van der Waals surface area contributed by atoms with E-state index in [-0.39, 0.29) is 28.2 Å². The molecule has 4 nitrogen and oxygen atoms in total. The Labute approximate surface area is 189 Å². The summed E-state index contributed by atoms with van der Waals surface area (Å²) >= 11 is 0. The van der Waals surface area contributed by atoms with Crippen LogP contribution in [0.4, 0.5) is 0 Å². The van der Waals surface area contributed by atoms with Crippen LogP contribution in [0, 0.1) is 44.8 Å². The Morgan fingerprint density at radius 2 is 1.68 bits per heavy atom. The molecule has 0 radical (unpaired) electrons. The summed E-state index contributed by atoms with van der Waals surface area (Å²) in [5.41, 5.74) is 1.07. The van der Waals surface area contributed by atoms with Crippen LogP contribution in [0.15, 0.2) is 0 Å². The van der Waals surface area contributed by atoms with Gasteiger partial charge in [0.15, 0.2) is 0 Å². The van der Waals surface area contributed by atoms with Crippen molar-refractivity contribution in [3.8, 4) is 0 Å². The topological polar surface area (TPSA) is 52.6 Å². The van der Waals surface area contributed by atoms with E-state index in [1.165, 1.54) is 44.9 Å². The van der Waals surface area contributed by atoms with Crippen molar-refractivity contribution in [1.29, 1.82) is 0 Å². The number of nitrogens with zero attached hydrogens (tertiary/aromatic N) is 1. The quantitative estimate of drug-likeness (QED) is 0.705. The van der Waals surface area contributed by atoms with E-state index in [9.17, 15) is 9.90 Å². The van der Waals surface area contributed by atoms with Crippen molar-refractivity contribution >= 4 is 5.78 Å². The molecule has 176 valence electrons. The fraction of sp³-hybridized carbons (Fsp3) is 0.963. The van der Waals surface area contributed by atoms with Crippen molar-refractivity contribution in [3.05, 3.63) is 0 Å². The van der Waals surface area contributed by atoms with Gasteiger partial charge in [0.25, 0.3) is 0 Å². The van der Waals surface area contributed by atoms with Gasteiger partial charge >= 0.3 is 0 Å². The highest BCUT2D eigenvalue weighted by Crippen LogP contribution is 2.88. The number of aliphatic hydroxyl groups is 1. The van der Waals surface area contributed by atoms with Crippen LogP contribution in [-0.4, -0.2) is 55.6 Å². The molecule has 10 atom stereocenters. The van der Waals surface area contributed by atoms with Crippen molar-refractivity contribution in [2.75, 3.05) is 27.7 Å². The molecule has 0 unspecified atom stereocenters. The molecule has 0 aliphatic heterocycles. The zero-order chi connectivity index (χ0) is 22.6. The molecule has 5 aliphatic rings. The second-order valence-corrected chi connectivity index (χ2v) is 13.4. The molecule has 31 heavy (non-hydrogen) atoms. The zero-order valence-corrected chi connectivity index (χ0v) is 21.1. The Morgan fingerprint density at radius 1 is 1.03 bits per heavy atom. The summed E-state index contributed by atoms with van der Waals surface area (Å²) in [6, 6.07) is 0.728. The van der Waals surface area contributed by atoms with Gasteiger partial charge in [-0.2, -0.15) is 0 Å². The van der Waals surface area contributed by atoms with Gasteiger partial charge < -0.3 is 15.3 Å². The minimum atomic E-state index is -0.00739. The Hall–Kier alpha value is -0.450. The molecule has 2 N–H and O–H groups in total. The first kappa shape index (κ1) is 22.3. The van der Waals surface area contributed by atoms with Gasteiger partial charge in [0.1, 0.15) is 5.78 Å².